The fourth-order valence-electron chi connectivity index (χ4n) is 3.87. The number of carbonyl (C=O) groups excluding carboxylic acids is 1. The third kappa shape index (κ3) is 3.39. The van der Waals surface area contributed by atoms with Crippen LogP contribution in [-0.2, 0) is 11.3 Å². The molecule has 0 aliphatic rings. The largest absolute Gasteiger partial charge is 0.350 e. The molecule has 0 fully saturated rings. The van der Waals surface area contributed by atoms with Gasteiger partial charge in [0.2, 0.25) is 5.91 Å². The van der Waals surface area contributed by atoms with Crippen molar-refractivity contribution in [2.24, 2.45) is 0 Å². The molecule has 1 aromatic carbocycles. The van der Waals surface area contributed by atoms with Gasteiger partial charge in [-0.1, -0.05) is 24.3 Å². The van der Waals surface area contributed by atoms with Crippen molar-refractivity contribution in [1.82, 2.24) is 24.6 Å². The van der Waals surface area contributed by atoms with Crippen LogP contribution >= 0.6 is 0 Å². The molecule has 0 unspecified atom stereocenters. The molecule has 1 amide bonds. The second-order valence-electron chi connectivity index (χ2n) is 7.28. The Hall–Kier alpha value is -3.74. The minimum Gasteiger partial charge on any atom is -0.350 e. The maximum absolute atomic E-state index is 13.2. The molecule has 0 aliphatic carbocycles. The van der Waals surface area contributed by atoms with Crippen LogP contribution in [0.15, 0.2) is 65.8 Å². The number of aromatic nitrogens is 4. The fourth-order valence-corrected chi connectivity index (χ4v) is 3.87. The molecule has 0 bridgehead atoms. The van der Waals surface area contributed by atoms with Crippen molar-refractivity contribution in [2.45, 2.75) is 33.4 Å². The zero-order valence-electron chi connectivity index (χ0n) is 17.2. The Balaban J connectivity index is 1.70. The van der Waals surface area contributed by atoms with Crippen LogP contribution in [0.4, 0.5) is 0 Å². The van der Waals surface area contributed by atoms with Gasteiger partial charge in [0.1, 0.15) is 6.04 Å². The average molecular weight is 401 g/mol. The van der Waals surface area contributed by atoms with Gasteiger partial charge in [-0.2, -0.15) is 9.78 Å². The molecule has 3 aromatic heterocycles. The van der Waals surface area contributed by atoms with Crippen molar-refractivity contribution in [3.8, 4) is 5.69 Å². The summed E-state index contributed by atoms with van der Waals surface area (Å²) in [5.74, 6) is -0.123. The highest BCUT2D eigenvalue weighted by Crippen LogP contribution is 2.26. The van der Waals surface area contributed by atoms with E-state index in [2.05, 4.69) is 15.4 Å². The summed E-state index contributed by atoms with van der Waals surface area (Å²) >= 11 is 0. The molecular formula is C23H23N5O2. The Kier molecular flexibility index (Phi) is 5.18. The monoisotopic (exact) mass is 401 g/mol. The number of aryl methyl sites for hydroxylation is 2. The summed E-state index contributed by atoms with van der Waals surface area (Å²) in [6.45, 7) is 6.02. The first-order valence-electron chi connectivity index (χ1n) is 9.80. The Morgan fingerprint density at radius 2 is 1.83 bits per heavy atom. The van der Waals surface area contributed by atoms with Gasteiger partial charge < -0.3 is 9.88 Å². The molecule has 7 nitrogen and oxygen atoms in total. The maximum atomic E-state index is 13.2. The lowest BCUT2D eigenvalue weighted by Gasteiger charge is -2.18. The van der Waals surface area contributed by atoms with Gasteiger partial charge in [-0.3, -0.25) is 14.6 Å². The highest BCUT2D eigenvalue weighted by Gasteiger charge is 2.23. The van der Waals surface area contributed by atoms with Crippen LogP contribution in [0.5, 0.6) is 0 Å². The number of hydrogen-bond donors (Lipinski definition) is 1. The molecule has 0 saturated heterocycles. The van der Waals surface area contributed by atoms with Crippen LogP contribution in [0.3, 0.4) is 0 Å². The van der Waals surface area contributed by atoms with E-state index >= 15 is 0 Å². The molecule has 1 atom stereocenters. The molecule has 0 radical (unpaired) electrons. The van der Waals surface area contributed by atoms with E-state index < -0.39 is 6.04 Å². The summed E-state index contributed by atoms with van der Waals surface area (Å²) < 4.78 is 3.30. The van der Waals surface area contributed by atoms with Gasteiger partial charge in [0.25, 0.3) is 5.56 Å². The van der Waals surface area contributed by atoms with Crippen molar-refractivity contribution in [3.05, 3.63) is 88.4 Å². The normalized spacial score (nSPS) is 12.1. The molecule has 3 heterocycles. The van der Waals surface area contributed by atoms with E-state index in [9.17, 15) is 9.59 Å². The second kappa shape index (κ2) is 7.94. The molecule has 7 heteroatoms. The first kappa shape index (κ1) is 19.6. The second-order valence-corrected chi connectivity index (χ2v) is 7.28. The van der Waals surface area contributed by atoms with Crippen LogP contribution in [-0.4, -0.2) is 25.2 Å². The van der Waals surface area contributed by atoms with Gasteiger partial charge in [0.15, 0.2) is 0 Å². The summed E-state index contributed by atoms with van der Waals surface area (Å²) in [6.07, 6.45) is 5.12. The van der Waals surface area contributed by atoms with Gasteiger partial charge >= 0.3 is 0 Å². The van der Waals surface area contributed by atoms with Crippen LogP contribution in [0.1, 0.15) is 29.9 Å². The number of amides is 1. The van der Waals surface area contributed by atoms with Gasteiger partial charge in [0, 0.05) is 35.7 Å². The van der Waals surface area contributed by atoms with E-state index in [0.29, 0.717) is 17.6 Å². The number of nitrogens with zero attached hydrogens (tertiary/aromatic N) is 4. The third-order valence-corrected chi connectivity index (χ3v) is 5.41. The lowest BCUT2D eigenvalue weighted by Crippen LogP contribution is -2.31. The average Bonchev–Trinajstić information content (AvgIpc) is 3.03. The highest BCUT2D eigenvalue weighted by molar-refractivity contribution is 5.89. The van der Waals surface area contributed by atoms with Crippen molar-refractivity contribution in [3.63, 3.8) is 0 Å². The van der Waals surface area contributed by atoms with E-state index in [4.69, 9.17) is 0 Å². The topological polar surface area (TPSA) is 81.8 Å². The number of carbonyl (C=O) groups is 1. The van der Waals surface area contributed by atoms with Crippen LogP contribution < -0.4 is 10.9 Å². The van der Waals surface area contributed by atoms with Crippen molar-refractivity contribution in [2.75, 3.05) is 0 Å². The minimum absolute atomic E-state index is 0.123. The molecule has 4 rings (SSSR count). The lowest BCUT2D eigenvalue weighted by molar-refractivity contribution is -0.124. The molecule has 30 heavy (non-hydrogen) atoms. The van der Waals surface area contributed by atoms with E-state index in [1.165, 1.54) is 4.68 Å². The van der Waals surface area contributed by atoms with Crippen LogP contribution in [0.25, 0.3) is 16.5 Å². The quantitative estimate of drug-likeness (QED) is 0.557. The Labute approximate surface area is 174 Å². The van der Waals surface area contributed by atoms with Gasteiger partial charge in [-0.05, 0) is 44.5 Å². The van der Waals surface area contributed by atoms with E-state index in [1.54, 1.807) is 18.6 Å². The van der Waals surface area contributed by atoms with E-state index in [1.807, 2.05) is 67.8 Å². The number of para-hydroxylation sites is 1. The first-order valence-corrected chi connectivity index (χ1v) is 9.80. The zero-order valence-corrected chi connectivity index (χ0v) is 17.2. The lowest BCUT2D eigenvalue weighted by atomic mass is 10.2. The summed E-state index contributed by atoms with van der Waals surface area (Å²) in [7, 11) is 0. The number of nitrogens with one attached hydrogen (secondary N) is 1. The number of pyridine rings is 1. The number of rotatable bonds is 5. The van der Waals surface area contributed by atoms with Crippen molar-refractivity contribution >= 4 is 16.7 Å². The molecule has 0 spiro atoms. The van der Waals surface area contributed by atoms with Crippen molar-refractivity contribution < 1.29 is 4.79 Å². The van der Waals surface area contributed by atoms with Gasteiger partial charge in [-0.25, -0.2) is 0 Å². The third-order valence-electron chi connectivity index (χ3n) is 5.41. The number of benzene rings is 1. The number of fused-ring (bicyclic) bond motifs is 1. The minimum atomic E-state index is -0.473. The predicted octanol–water partition coefficient (Wildman–Crippen LogP) is 3.08. The maximum Gasteiger partial charge on any atom is 0.281 e. The van der Waals surface area contributed by atoms with E-state index in [-0.39, 0.29) is 11.5 Å². The Morgan fingerprint density at radius 3 is 2.53 bits per heavy atom. The Morgan fingerprint density at radius 1 is 1.07 bits per heavy atom. The summed E-state index contributed by atoms with van der Waals surface area (Å²) in [5.41, 5.74) is 3.04. The van der Waals surface area contributed by atoms with Crippen LogP contribution in [0, 0.1) is 13.8 Å². The molecular weight excluding hydrogens is 378 g/mol. The fraction of sp³-hybridized carbons (Fsp3) is 0.217. The van der Waals surface area contributed by atoms with Gasteiger partial charge in [0.05, 0.1) is 17.3 Å². The first-order chi connectivity index (χ1) is 14.5. The van der Waals surface area contributed by atoms with Gasteiger partial charge in [-0.15, -0.1) is 0 Å². The molecule has 4 aromatic rings. The standard InChI is InChI=1S/C23H23N5O2/c1-15-20-14-26-28(19-9-5-4-6-10-19)23(30)21(20)16(2)27(15)17(3)22(29)25-13-18-8-7-11-24-12-18/h4-12,14,17H,13H2,1-3H3,(H,25,29)/t17-/m0/s1. The smallest absolute Gasteiger partial charge is 0.281 e. The summed E-state index contributed by atoms with van der Waals surface area (Å²) in [4.78, 5) is 30.1. The molecule has 0 aliphatic heterocycles. The molecule has 0 saturated carbocycles. The Bertz CT molecular complexity index is 1260. The molecule has 1 N–H and O–H groups in total. The summed E-state index contributed by atoms with van der Waals surface area (Å²) in [5, 5.41) is 8.65. The molecule has 152 valence electrons. The highest BCUT2D eigenvalue weighted by atomic mass is 16.2. The summed E-state index contributed by atoms with van der Waals surface area (Å²) in [6, 6.07) is 12.6. The van der Waals surface area contributed by atoms with Crippen molar-refractivity contribution in [1.29, 1.82) is 0 Å². The number of hydrogen-bond acceptors (Lipinski definition) is 4. The SMILES string of the molecule is Cc1c2cnn(-c3ccccc3)c(=O)c2c(C)n1[C@@H](C)C(=O)NCc1cccnc1. The zero-order chi connectivity index (χ0) is 21.3. The van der Waals surface area contributed by atoms with E-state index in [0.717, 1.165) is 22.3 Å². The van der Waals surface area contributed by atoms with Crippen LogP contribution in [0.2, 0.25) is 0 Å². The predicted molar refractivity (Wildman–Crippen MR) is 116 cm³/mol.